The van der Waals surface area contributed by atoms with Gasteiger partial charge in [-0.3, -0.25) is 0 Å². The molecule has 0 aliphatic carbocycles. The van der Waals surface area contributed by atoms with Gasteiger partial charge in [-0.2, -0.15) is 0 Å². The molecule has 2 nitrogen and oxygen atoms in total. The predicted octanol–water partition coefficient (Wildman–Crippen LogP) is 6.05. The SMILES string of the molecule is CCOc1ccc(-c2cc(F)c(-c3cc(C)c4cc(F)ccc4n3)c(P)c2)cc1. The summed E-state index contributed by atoms with van der Waals surface area (Å²) in [6, 6.07) is 17.3. The predicted molar refractivity (Wildman–Crippen MR) is 118 cm³/mol. The number of nitrogens with zero attached hydrogens (tertiary/aromatic N) is 1. The van der Waals surface area contributed by atoms with Gasteiger partial charge in [0.05, 0.1) is 17.8 Å². The maximum Gasteiger partial charge on any atom is 0.133 e. The van der Waals surface area contributed by atoms with Gasteiger partial charge in [0.25, 0.3) is 0 Å². The Balaban J connectivity index is 1.78. The monoisotopic (exact) mass is 407 g/mol. The molecule has 0 spiro atoms. The van der Waals surface area contributed by atoms with Gasteiger partial charge in [-0.15, -0.1) is 9.24 Å². The molecular formula is C24H20F2NOP. The highest BCUT2D eigenvalue weighted by atomic mass is 31.0. The molecule has 1 aromatic heterocycles. The van der Waals surface area contributed by atoms with Gasteiger partial charge in [0.2, 0.25) is 0 Å². The van der Waals surface area contributed by atoms with Crippen molar-refractivity contribution in [3.63, 3.8) is 0 Å². The summed E-state index contributed by atoms with van der Waals surface area (Å²) in [4.78, 5) is 4.57. The first-order valence-electron chi connectivity index (χ1n) is 9.36. The van der Waals surface area contributed by atoms with Crippen LogP contribution in [0.1, 0.15) is 12.5 Å². The number of hydrogen-bond donors (Lipinski definition) is 0. The maximum atomic E-state index is 15.1. The van der Waals surface area contributed by atoms with E-state index >= 15 is 4.39 Å². The van der Waals surface area contributed by atoms with E-state index in [4.69, 9.17) is 4.74 Å². The smallest absolute Gasteiger partial charge is 0.133 e. The Hall–Kier alpha value is -2.84. The molecule has 1 atom stereocenters. The van der Waals surface area contributed by atoms with Crippen LogP contribution in [0, 0.1) is 18.6 Å². The summed E-state index contributed by atoms with van der Waals surface area (Å²) in [7, 11) is 2.60. The molecule has 0 bridgehead atoms. The molecule has 0 N–H and O–H groups in total. The molecule has 5 heteroatoms. The van der Waals surface area contributed by atoms with Crippen molar-refractivity contribution in [1.82, 2.24) is 4.98 Å². The van der Waals surface area contributed by atoms with E-state index in [1.54, 1.807) is 12.1 Å². The van der Waals surface area contributed by atoms with Crippen LogP contribution in [0.2, 0.25) is 0 Å². The van der Waals surface area contributed by atoms with Crippen LogP contribution in [0.4, 0.5) is 8.78 Å². The Bertz CT molecular complexity index is 1180. The number of halogens is 2. The van der Waals surface area contributed by atoms with Crippen molar-refractivity contribution in [2.24, 2.45) is 0 Å². The Morgan fingerprint density at radius 1 is 0.931 bits per heavy atom. The first-order valence-corrected chi connectivity index (χ1v) is 9.93. The fourth-order valence-electron chi connectivity index (χ4n) is 3.47. The zero-order chi connectivity index (χ0) is 20.5. The zero-order valence-corrected chi connectivity index (χ0v) is 17.3. The van der Waals surface area contributed by atoms with E-state index in [0.29, 0.717) is 28.7 Å². The van der Waals surface area contributed by atoms with Crippen LogP contribution in [0.15, 0.2) is 60.7 Å². The normalized spacial score (nSPS) is 11.1. The number of pyridine rings is 1. The third-order valence-electron chi connectivity index (χ3n) is 4.85. The minimum atomic E-state index is -0.352. The van der Waals surface area contributed by atoms with Crippen LogP contribution in [-0.4, -0.2) is 11.6 Å². The summed E-state index contributed by atoms with van der Waals surface area (Å²) in [5.74, 6) is 0.120. The Morgan fingerprint density at radius 3 is 2.38 bits per heavy atom. The van der Waals surface area contributed by atoms with E-state index in [9.17, 15) is 4.39 Å². The van der Waals surface area contributed by atoms with Gasteiger partial charge in [0, 0.05) is 10.9 Å². The van der Waals surface area contributed by atoms with Crippen molar-refractivity contribution in [2.45, 2.75) is 13.8 Å². The summed E-state index contributed by atoms with van der Waals surface area (Å²) >= 11 is 0. The summed E-state index contributed by atoms with van der Waals surface area (Å²) in [6.45, 7) is 4.41. The van der Waals surface area contributed by atoms with Gasteiger partial charge >= 0.3 is 0 Å². The van der Waals surface area contributed by atoms with Crippen LogP contribution in [0.5, 0.6) is 5.75 Å². The molecule has 0 aliphatic rings. The first-order chi connectivity index (χ1) is 14.0. The summed E-state index contributed by atoms with van der Waals surface area (Å²) in [5.41, 5.74) is 4.13. The third kappa shape index (κ3) is 3.86. The lowest BCUT2D eigenvalue weighted by Gasteiger charge is -2.13. The minimum Gasteiger partial charge on any atom is -0.494 e. The van der Waals surface area contributed by atoms with E-state index in [-0.39, 0.29) is 11.6 Å². The standard InChI is InChI=1S/C24H20F2NOP/c1-3-28-18-7-4-15(5-8-18)16-11-20(26)24(23(29)12-16)22-10-14(2)19-13-17(25)6-9-21(19)27-22/h4-13H,3,29H2,1-2H3. The molecular weight excluding hydrogens is 387 g/mol. The average molecular weight is 407 g/mol. The second kappa shape index (κ2) is 7.88. The molecule has 0 radical (unpaired) electrons. The van der Waals surface area contributed by atoms with Crippen molar-refractivity contribution < 1.29 is 13.5 Å². The minimum absolute atomic E-state index is 0.312. The van der Waals surface area contributed by atoms with E-state index in [2.05, 4.69) is 14.2 Å². The first kappa shape index (κ1) is 19.5. The van der Waals surface area contributed by atoms with Crippen LogP contribution < -0.4 is 10.0 Å². The highest BCUT2D eigenvalue weighted by Gasteiger charge is 2.15. The van der Waals surface area contributed by atoms with Crippen LogP contribution in [0.25, 0.3) is 33.3 Å². The van der Waals surface area contributed by atoms with Gasteiger partial charge in [-0.05, 0) is 84.4 Å². The molecule has 29 heavy (non-hydrogen) atoms. The second-order valence-corrected chi connectivity index (χ2v) is 7.49. The van der Waals surface area contributed by atoms with Crippen LogP contribution >= 0.6 is 9.24 Å². The highest BCUT2D eigenvalue weighted by Crippen LogP contribution is 2.30. The third-order valence-corrected chi connectivity index (χ3v) is 5.31. The van der Waals surface area contributed by atoms with Crippen molar-refractivity contribution in [2.75, 3.05) is 6.61 Å². The largest absolute Gasteiger partial charge is 0.494 e. The van der Waals surface area contributed by atoms with Crippen LogP contribution in [-0.2, 0) is 0 Å². The molecule has 3 aromatic carbocycles. The second-order valence-electron chi connectivity index (χ2n) is 6.87. The number of rotatable bonds is 4. The molecule has 1 unspecified atom stereocenters. The molecule has 4 rings (SSSR count). The molecule has 1 heterocycles. The van der Waals surface area contributed by atoms with Gasteiger partial charge in [0.1, 0.15) is 17.4 Å². The van der Waals surface area contributed by atoms with Crippen molar-refractivity contribution >= 4 is 25.4 Å². The summed E-state index contributed by atoms with van der Waals surface area (Å²) in [5, 5.41) is 1.44. The molecule has 0 aliphatic heterocycles. The number of ether oxygens (including phenoxy) is 1. The fourth-order valence-corrected chi connectivity index (χ4v) is 3.94. The molecule has 0 saturated heterocycles. The van der Waals surface area contributed by atoms with Gasteiger partial charge in [0.15, 0.2) is 0 Å². The number of aromatic nitrogens is 1. The Morgan fingerprint density at radius 2 is 1.69 bits per heavy atom. The number of hydrogen-bond acceptors (Lipinski definition) is 2. The summed E-state index contributed by atoms with van der Waals surface area (Å²) < 4.78 is 34.1. The quantitative estimate of drug-likeness (QED) is 0.384. The van der Waals surface area contributed by atoms with Gasteiger partial charge < -0.3 is 4.74 Å². The Kier molecular flexibility index (Phi) is 5.29. The van der Waals surface area contributed by atoms with Gasteiger partial charge in [-0.25, -0.2) is 13.8 Å². The maximum absolute atomic E-state index is 15.1. The van der Waals surface area contributed by atoms with Crippen molar-refractivity contribution in [3.05, 3.63) is 77.9 Å². The zero-order valence-electron chi connectivity index (χ0n) is 16.2. The van der Waals surface area contributed by atoms with E-state index in [1.807, 2.05) is 44.2 Å². The number of fused-ring (bicyclic) bond motifs is 1. The fraction of sp³-hybridized carbons (Fsp3) is 0.125. The van der Waals surface area contributed by atoms with E-state index in [1.165, 1.54) is 18.2 Å². The summed E-state index contributed by atoms with van der Waals surface area (Å²) in [6.07, 6.45) is 0. The molecule has 146 valence electrons. The molecule has 0 amide bonds. The van der Waals surface area contributed by atoms with E-state index < -0.39 is 0 Å². The van der Waals surface area contributed by atoms with Crippen molar-refractivity contribution in [1.29, 1.82) is 0 Å². The lowest BCUT2D eigenvalue weighted by Crippen LogP contribution is -2.04. The molecule has 0 saturated carbocycles. The molecule has 4 aromatic rings. The molecule has 0 fully saturated rings. The highest BCUT2D eigenvalue weighted by molar-refractivity contribution is 7.28. The topological polar surface area (TPSA) is 22.1 Å². The lowest BCUT2D eigenvalue weighted by molar-refractivity contribution is 0.340. The van der Waals surface area contributed by atoms with E-state index in [0.717, 1.165) is 27.8 Å². The van der Waals surface area contributed by atoms with Crippen molar-refractivity contribution in [3.8, 4) is 28.1 Å². The lowest BCUT2D eigenvalue weighted by atomic mass is 10.00. The Labute approximate surface area is 170 Å². The number of aryl methyl sites for hydroxylation is 1. The number of benzene rings is 3. The van der Waals surface area contributed by atoms with Crippen LogP contribution in [0.3, 0.4) is 0 Å². The van der Waals surface area contributed by atoms with Gasteiger partial charge in [-0.1, -0.05) is 12.1 Å². The average Bonchev–Trinajstić information content (AvgIpc) is 2.69.